The van der Waals surface area contributed by atoms with Crippen LogP contribution in [0.3, 0.4) is 0 Å². The van der Waals surface area contributed by atoms with E-state index in [1.54, 1.807) is 6.20 Å². The topological polar surface area (TPSA) is 55.1 Å². The van der Waals surface area contributed by atoms with Crippen LogP contribution in [0, 0.1) is 11.3 Å². The number of aromatic nitrogens is 2. The molecule has 1 aromatic rings. The number of aliphatic carboxylic acids is 1. The van der Waals surface area contributed by atoms with Crippen LogP contribution in [0.2, 0.25) is 0 Å². The number of hydrogen-bond acceptors (Lipinski definition) is 2. The first-order chi connectivity index (χ1) is 8.57. The molecule has 4 heteroatoms. The lowest BCUT2D eigenvalue weighted by atomic mass is 9.80. The van der Waals surface area contributed by atoms with E-state index >= 15 is 0 Å². The van der Waals surface area contributed by atoms with Gasteiger partial charge in [0.25, 0.3) is 0 Å². The molecular weight excluding hydrogens is 228 g/mol. The van der Waals surface area contributed by atoms with Crippen LogP contribution in [0.15, 0.2) is 12.4 Å². The highest BCUT2D eigenvalue weighted by molar-refractivity contribution is 5.75. The second kappa shape index (κ2) is 5.12. The van der Waals surface area contributed by atoms with Gasteiger partial charge in [-0.3, -0.25) is 4.79 Å². The lowest BCUT2D eigenvalue weighted by Crippen LogP contribution is -2.29. The van der Waals surface area contributed by atoms with Gasteiger partial charge in [-0.2, -0.15) is 0 Å². The highest BCUT2D eigenvalue weighted by atomic mass is 16.4. The lowest BCUT2D eigenvalue weighted by Gasteiger charge is -2.24. The van der Waals surface area contributed by atoms with E-state index in [9.17, 15) is 9.90 Å². The zero-order valence-corrected chi connectivity index (χ0v) is 11.2. The molecule has 0 saturated heterocycles. The van der Waals surface area contributed by atoms with Gasteiger partial charge < -0.3 is 9.67 Å². The molecule has 0 amide bonds. The van der Waals surface area contributed by atoms with E-state index < -0.39 is 11.4 Å². The fourth-order valence-electron chi connectivity index (χ4n) is 3.10. The Balaban J connectivity index is 2.04. The maximum atomic E-state index is 11.6. The quantitative estimate of drug-likeness (QED) is 0.874. The van der Waals surface area contributed by atoms with Gasteiger partial charge in [0.1, 0.15) is 5.82 Å². The van der Waals surface area contributed by atoms with E-state index in [0.29, 0.717) is 12.3 Å². The molecule has 2 unspecified atom stereocenters. The van der Waals surface area contributed by atoms with Gasteiger partial charge in [-0.25, -0.2) is 4.98 Å². The van der Waals surface area contributed by atoms with Crippen LogP contribution in [-0.4, -0.2) is 20.6 Å². The summed E-state index contributed by atoms with van der Waals surface area (Å²) in [5, 5.41) is 9.55. The molecule has 1 aliphatic rings. The van der Waals surface area contributed by atoms with Gasteiger partial charge in [-0.1, -0.05) is 13.3 Å². The predicted octanol–water partition coefficient (Wildman–Crippen LogP) is 2.63. The van der Waals surface area contributed by atoms with E-state index in [-0.39, 0.29) is 0 Å². The number of carboxylic acids is 1. The Morgan fingerprint density at radius 3 is 2.94 bits per heavy atom. The van der Waals surface area contributed by atoms with Gasteiger partial charge in [0, 0.05) is 25.9 Å². The zero-order valence-electron chi connectivity index (χ0n) is 11.2. The van der Waals surface area contributed by atoms with Crippen LogP contribution >= 0.6 is 0 Å². The van der Waals surface area contributed by atoms with E-state index in [2.05, 4.69) is 11.9 Å². The standard InChI is InChI=1S/C14H22N2O2/c1-3-11-4-6-14(10-11,13(17)18)7-5-12-15-8-9-16(12)2/h8-9,11H,3-7,10H2,1-2H3,(H,17,18). The molecule has 0 aliphatic heterocycles. The second-order valence-corrected chi connectivity index (χ2v) is 5.56. The van der Waals surface area contributed by atoms with Crippen molar-refractivity contribution < 1.29 is 9.90 Å². The first kappa shape index (κ1) is 13.1. The van der Waals surface area contributed by atoms with Gasteiger partial charge in [0.2, 0.25) is 0 Å². The molecule has 1 aromatic heterocycles. The van der Waals surface area contributed by atoms with Crippen molar-refractivity contribution in [1.82, 2.24) is 9.55 Å². The van der Waals surface area contributed by atoms with Gasteiger partial charge in [0.15, 0.2) is 0 Å². The summed E-state index contributed by atoms with van der Waals surface area (Å²) in [7, 11) is 1.96. The molecule has 0 spiro atoms. The van der Waals surface area contributed by atoms with Crippen LogP contribution in [0.5, 0.6) is 0 Å². The van der Waals surface area contributed by atoms with E-state index in [1.807, 2.05) is 17.8 Å². The molecule has 1 fully saturated rings. The van der Waals surface area contributed by atoms with Gasteiger partial charge >= 0.3 is 5.97 Å². The minimum absolute atomic E-state index is 0.507. The molecule has 1 aliphatic carbocycles. The summed E-state index contributed by atoms with van der Waals surface area (Å²) in [5.41, 5.74) is -0.507. The number of imidazole rings is 1. The van der Waals surface area contributed by atoms with Crippen molar-refractivity contribution in [2.45, 2.75) is 45.4 Å². The minimum Gasteiger partial charge on any atom is -0.481 e. The normalized spacial score (nSPS) is 27.6. The average molecular weight is 250 g/mol. The molecule has 2 rings (SSSR count). The zero-order chi connectivity index (χ0) is 13.2. The maximum absolute atomic E-state index is 11.6. The van der Waals surface area contributed by atoms with Crippen LogP contribution in [0.4, 0.5) is 0 Å². The van der Waals surface area contributed by atoms with Crippen molar-refractivity contribution in [2.24, 2.45) is 18.4 Å². The van der Waals surface area contributed by atoms with Crippen LogP contribution < -0.4 is 0 Å². The number of rotatable bonds is 5. The van der Waals surface area contributed by atoms with E-state index in [0.717, 1.165) is 37.9 Å². The lowest BCUT2D eigenvalue weighted by molar-refractivity contribution is -0.149. The van der Waals surface area contributed by atoms with Crippen LogP contribution in [0.1, 0.15) is 44.9 Å². The summed E-state index contributed by atoms with van der Waals surface area (Å²) in [6.45, 7) is 2.15. The molecule has 1 heterocycles. The van der Waals surface area contributed by atoms with Crippen molar-refractivity contribution in [1.29, 1.82) is 0 Å². The van der Waals surface area contributed by atoms with E-state index in [4.69, 9.17) is 0 Å². The number of nitrogens with zero attached hydrogens (tertiary/aromatic N) is 2. The van der Waals surface area contributed by atoms with Crippen molar-refractivity contribution in [3.63, 3.8) is 0 Å². The Morgan fingerprint density at radius 1 is 1.67 bits per heavy atom. The summed E-state index contributed by atoms with van der Waals surface area (Å²) in [4.78, 5) is 15.9. The largest absolute Gasteiger partial charge is 0.481 e. The molecule has 1 N–H and O–H groups in total. The van der Waals surface area contributed by atoms with Gasteiger partial charge in [-0.05, 0) is 31.6 Å². The number of hydrogen-bond donors (Lipinski definition) is 1. The molecule has 0 bridgehead atoms. The first-order valence-electron chi connectivity index (χ1n) is 6.77. The summed E-state index contributed by atoms with van der Waals surface area (Å²) in [6, 6.07) is 0. The number of carboxylic acid groups (broad SMARTS) is 1. The summed E-state index contributed by atoms with van der Waals surface area (Å²) < 4.78 is 1.97. The Bertz CT molecular complexity index is 427. The molecule has 0 radical (unpaired) electrons. The monoisotopic (exact) mass is 250 g/mol. The predicted molar refractivity (Wildman–Crippen MR) is 69.2 cm³/mol. The van der Waals surface area contributed by atoms with Gasteiger partial charge in [-0.15, -0.1) is 0 Å². The highest BCUT2D eigenvalue weighted by Crippen LogP contribution is 2.46. The second-order valence-electron chi connectivity index (χ2n) is 5.56. The van der Waals surface area contributed by atoms with Crippen molar-refractivity contribution in [2.75, 3.05) is 0 Å². The summed E-state index contributed by atoms with van der Waals surface area (Å²) in [5.74, 6) is 0.950. The third kappa shape index (κ3) is 2.42. The molecule has 1 saturated carbocycles. The maximum Gasteiger partial charge on any atom is 0.309 e. The Morgan fingerprint density at radius 2 is 2.44 bits per heavy atom. The van der Waals surface area contributed by atoms with Crippen molar-refractivity contribution >= 4 is 5.97 Å². The minimum atomic E-state index is -0.618. The average Bonchev–Trinajstić information content (AvgIpc) is 2.94. The molecule has 0 aromatic carbocycles. The van der Waals surface area contributed by atoms with Crippen molar-refractivity contribution in [3.8, 4) is 0 Å². The number of aryl methyl sites for hydroxylation is 2. The molecule has 4 nitrogen and oxygen atoms in total. The molecule has 100 valence electrons. The number of carbonyl (C=O) groups is 1. The Hall–Kier alpha value is -1.32. The smallest absolute Gasteiger partial charge is 0.309 e. The molecular formula is C14H22N2O2. The van der Waals surface area contributed by atoms with Crippen LogP contribution in [0.25, 0.3) is 0 Å². The fourth-order valence-corrected chi connectivity index (χ4v) is 3.10. The summed E-state index contributed by atoms with van der Waals surface area (Å²) >= 11 is 0. The SMILES string of the molecule is CCC1CCC(CCc2nccn2C)(C(=O)O)C1. The van der Waals surface area contributed by atoms with E-state index in [1.165, 1.54) is 0 Å². The van der Waals surface area contributed by atoms with Crippen molar-refractivity contribution in [3.05, 3.63) is 18.2 Å². The fraction of sp³-hybridized carbons (Fsp3) is 0.714. The molecule has 18 heavy (non-hydrogen) atoms. The molecule has 2 atom stereocenters. The summed E-state index contributed by atoms with van der Waals surface area (Å²) in [6.07, 6.45) is 8.96. The third-order valence-electron chi connectivity index (χ3n) is 4.49. The Kier molecular flexibility index (Phi) is 3.73. The third-order valence-corrected chi connectivity index (χ3v) is 4.49. The first-order valence-corrected chi connectivity index (χ1v) is 6.77. The van der Waals surface area contributed by atoms with Gasteiger partial charge in [0.05, 0.1) is 5.41 Å². The Labute approximate surface area is 108 Å². The highest BCUT2D eigenvalue weighted by Gasteiger charge is 2.44. The van der Waals surface area contributed by atoms with Crippen LogP contribution in [-0.2, 0) is 18.3 Å².